The van der Waals surface area contributed by atoms with Crippen molar-refractivity contribution >= 4 is 21.9 Å². The smallest absolute Gasteiger partial charge is 0.545 e. The largest absolute Gasteiger partial charge is 1.00 e. The summed E-state index contributed by atoms with van der Waals surface area (Å²) in [5, 5.41) is 20.7. The molecule has 0 aliphatic rings. The minimum Gasteiger partial charge on any atom is -0.545 e. The molecule has 0 saturated carbocycles. The molecule has 0 bridgehead atoms. The van der Waals surface area contributed by atoms with E-state index in [4.69, 9.17) is 6.11 Å². The number of carboxylic acid groups (broad SMARTS) is 1. The first-order chi connectivity index (χ1) is 8.06. The van der Waals surface area contributed by atoms with Gasteiger partial charge in [-0.25, -0.2) is 0 Å². The second kappa shape index (κ2) is 8.24. The summed E-state index contributed by atoms with van der Waals surface area (Å²) in [6.45, 7) is 0.202. The molecule has 0 heterocycles. The second-order valence-electron chi connectivity index (χ2n) is 3.23. The molecule has 0 fully saturated rings. The van der Waals surface area contributed by atoms with Gasteiger partial charge in [0.25, 0.3) is 0 Å². The molecular formula is C11H12BrNaO4. The molecule has 4 nitrogen and oxygen atoms in total. The van der Waals surface area contributed by atoms with Crippen LogP contribution >= 0.6 is 15.9 Å². The van der Waals surface area contributed by atoms with E-state index in [2.05, 4.69) is 15.9 Å². The number of benzene rings is 1. The van der Waals surface area contributed by atoms with Gasteiger partial charge in [-0.15, -0.1) is 0 Å². The summed E-state index contributed by atoms with van der Waals surface area (Å²) in [6.07, 6.45) is -0.705. The van der Waals surface area contributed by atoms with Gasteiger partial charge in [0.2, 0.25) is 0 Å². The first-order valence-electron chi connectivity index (χ1n) is 5.32. The van der Waals surface area contributed by atoms with Crippen LogP contribution in [0.4, 0.5) is 0 Å². The van der Waals surface area contributed by atoms with E-state index in [1.807, 2.05) is 0 Å². The van der Waals surface area contributed by atoms with Crippen molar-refractivity contribution in [2.45, 2.75) is 12.5 Å². The fraction of sp³-hybridized carbons (Fsp3) is 0.364. The third-order valence-electron chi connectivity index (χ3n) is 2.13. The summed E-state index contributed by atoms with van der Waals surface area (Å²) >= 11 is 3.16. The molecule has 17 heavy (non-hydrogen) atoms. The summed E-state index contributed by atoms with van der Waals surface area (Å²) in [7, 11) is -0.180. The van der Waals surface area contributed by atoms with Gasteiger partial charge in [0.05, 0.1) is 13.4 Å². The predicted octanol–water partition coefficient (Wildman–Crippen LogP) is -2.11. The summed E-state index contributed by atoms with van der Waals surface area (Å²) in [5.74, 6) is -1.33. The quantitative estimate of drug-likeness (QED) is 0.499. The van der Waals surface area contributed by atoms with Gasteiger partial charge in [-0.2, -0.15) is 0 Å². The topological polar surface area (TPSA) is 69.6 Å². The Hall–Kier alpha value is 0.0900. The molecule has 0 aliphatic carbocycles. The van der Waals surface area contributed by atoms with E-state index in [9.17, 15) is 15.0 Å². The monoisotopic (exact) mass is 311 g/mol. The van der Waals surface area contributed by atoms with Crippen LogP contribution in [-0.2, 0) is 4.74 Å². The summed E-state index contributed by atoms with van der Waals surface area (Å²) in [6, 6.07) is 4.57. The molecule has 88 valence electrons. The van der Waals surface area contributed by atoms with Crippen molar-refractivity contribution in [1.29, 1.82) is 0 Å². The summed E-state index contributed by atoms with van der Waals surface area (Å²) in [5.41, 5.74) is 0.250. The molecule has 1 unspecified atom stereocenters. The van der Waals surface area contributed by atoms with Crippen LogP contribution in [0.1, 0.15) is 29.8 Å². The minimum absolute atomic E-state index is 0. The molecule has 6 heteroatoms. The molecule has 0 aliphatic heterocycles. The van der Waals surface area contributed by atoms with Crippen LogP contribution in [0.15, 0.2) is 22.7 Å². The van der Waals surface area contributed by atoms with Crippen LogP contribution in [-0.4, -0.2) is 24.8 Å². The Balaban J connectivity index is 0.00000289. The fourth-order valence-corrected chi connectivity index (χ4v) is 1.71. The maximum atomic E-state index is 10.9. The van der Waals surface area contributed by atoms with Gasteiger partial charge in [0.1, 0.15) is 0 Å². The standard InChI is InChI=1S/C11H13BrO4.Na/c1-16-5-4-10(13)8-3-2-7(12)6-9(8)11(14)15;/h2-3,6,10,13H,4-5H2,1H3,(H,14,15);/q;+1/p-1/i1D;. The number of carbonyl (C=O) groups excluding carboxylic acids is 1. The van der Waals surface area contributed by atoms with Crippen molar-refractivity contribution in [2.75, 3.05) is 13.7 Å². The molecule has 0 saturated heterocycles. The van der Waals surface area contributed by atoms with Gasteiger partial charge in [0.15, 0.2) is 0 Å². The van der Waals surface area contributed by atoms with Crippen molar-refractivity contribution in [3.05, 3.63) is 33.8 Å². The molecule has 0 spiro atoms. The molecule has 0 aromatic heterocycles. The van der Waals surface area contributed by atoms with E-state index in [1.54, 1.807) is 6.07 Å². The van der Waals surface area contributed by atoms with Gasteiger partial charge in [-0.1, -0.05) is 22.0 Å². The Bertz CT molecular complexity index is 403. The maximum absolute atomic E-state index is 10.9. The van der Waals surface area contributed by atoms with Crippen molar-refractivity contribution in [3.63, 3.8) is 0 Å². The number of carbonyl (C=O) groups is 1. The number of halogens is 1. The van der Waals surface area contributed by atoms with Crippen LogP contribution in [0.3, 0.4) is 0 Å². The number of methoxy groups -OCH3 is 1. The minimum atomic E-state index is -1.33. The number of aliphatic hydroxyl groups is 1. The average molecular weight is 312 g/mol. The zero-order chi connectivity index (χ0) is 12.8. The zero-order valence-corrected chi connectivity index (χ0v) is 13.1. The molecular weight excluding hydrogens is 299 g/mol. The van der Waals surface area contributed by atoms with Crippen LogP contribution in [0.5, 0.6) is 0 Å². The third-order valence-corrected chi connectivity index (χ3v) is 2.62. The van der Waals surface area contributed by atoms with Gasteiger partial charge in [0, 0.05) is 30.1 Å². The normalized spacial score (nSPS) is 12.5. The molecule has 1 aromatic carbocycles. The van der Waals surface area contributed by atoms with E-state index in [1.165, 1.54) is 12.1 Å². The maximum Gasteiger partial charge on any atom is 1.00 e. The van der Waals surface area contributed by atoms with E-state index in [0.29, 0.717) is 10.0 Å². The Kier molecular flexibility index (Phi) is 7.34. The zero-order valence-electron chi connectivity index (χ0n) is 10.5. The molecule has 0 radical (unpaired) electrons. The van der Waals surface area contributed by atoms with Crippen molar-refractivity contribution in [1.82, 2.24) is 0 Å². The van der Waals surface area contributed by atoms with Crippen LogP contribution < -0.4 is 34.7 Å². The first kappa shape index (κ1) is 15.1. The first-order valence-corrected chi connectivity index (χ1v) is 5.41. The summed E-state index contributed by atoms with van der Waals surface area (Å²) < 4.78 is 12.2. The SMILES string of the molecule is [2H]COCCC(O)c1ccc(Br)cc1C(=O)[O-].[Na+]. The number of aliphatic hydroxyl groups excluding tert-OH is 1. The van der Waals surface area contributed by atoms with Gasteiger partial charge >= 0.3 is 29.6 Å². The van der Waals surface area contributed by atoms with Crippen LogP contribution in [0.2, 0.25) is 0 Å². The Morgan fingerprint density at radius 1 is 1.71 bits per heavy atom. The Labute approximate surface area is 132 Å². The number of hydrogen-bond acceptors (Lipinski definition) is 4. The molecule has 1 N–H and O–H groups in total. The second-order valence-corrected chi connectivity index (χ2v) is 4.15. The van der Waals surface area contributed by atoms with E-state index in [0.717, 1.165) is 0 Å². The predicted molar refractivity (Wildman–Crippen MR) is 59.9 cm³/mol. The van der Waals surface area contributed by atoms with Gasteiger partial charge < -0.3 is 19.7 Å². The number of hydrogen-bond donors (Lipinski definition) is 1. The van der Waals surface area contributed by atoms with Crippen LogP contribution in [0.25, 0.3) is 0 Å². The average Bonchev–Trinajstić information content (AvgIpc) is 2.29. The summed E-state index contributed by atoms with van der Waals surface area (Å²) in [4.78, 5) is 10.9. The number of carboxylic acids is 1. The molecule has 1 aromatic rings. The van der Waals surface area contributed by atoms with E-state index >= 15 is 0 Å². The van der Waals surface area contributed by atoms with Gasteiger partial charge in [-0.05, 0) is 17.7 Å². The van der Waals surface area contributed by atoms with Crippen LogP contribution in [0, 0.1) is 0 Å². The molecule has 1 rings (SSSR count). The van der Waals surface area contributed by atoms with E-state index in [-0.39, 0.29) is 55.2 Å². The molecule has 0 amide bonds. The van der Waals surface area contributed by atoms with E-state index < -0.39 is 12.1 Å². The fourth-order valence-electron chi connectivity index (χ4n) is 1.35. The van der Waals surface area contributed by atoms with Gasteiger partial charge in [-0.3, -0.25) is 0 Å². The van der Waals surface area contributed by atoms with Crippen molar-refractivity contribution in [2.24, 2.45) is 0 Å². The van der Waals surface area contributed by atoms with Crippen molar-refractivity contribution < 1.29 is 50.7 Å². The number of aromatic carboxylic acids is 1. The third kappa shape index (κ3) is 5.07. The Morgan fingerprint density at radius 3 is 3.00 bits per heavy atom. The Morgan fingerprint density at radius 2 is 2.41 bits per heavy atom. The van der Waals surface area contributed by atoms with Crippen molar-refractivity contribution in [3.8, 4) is 0 Å². The number of ether oxygens (including phenoxy) is 1. The molecule has 1 atom stereocenters. The number of rotatable bonds is 5.